The number of rotatable bonds is 2. The molecule has 1 aliphatic rings. The number of hydrogen-bond donors (Lipinski definition) is 1. The molecular weight excluding hydrogens is 224 g/mol. The van der Waals surface area contributed by atoms with Crippen molar-refractivity contribution in [2.75, 3.05) is 25.1 Å². The van der Waals surface area contributed by atoms with Crippen LogP contribution in [0.4, 0.5) is 0 Å². The summed E-state index contributed by atoms with van der Waals surface area (Å²) in [6, 6.07) is 5.02. The van der Waals surface area contributed by atoms with Crippen LogP contribution in [0.15, 0.2) is 12.1 Å². The minimum atomic E-state index is 0.182. The molecule has 4 heteroatoms. The fraction of sp³-hybridized carbons (Fsp3) is 0.636. The fourth-order valence-electron chi connectivity index (χ4n) is 1.91. The summed E-state index contributed by atoms with van der Waals surface area (Å²) in [6.07, 6.45) is 0. The van der Waals surface area contributed by atoms with Crippen LogP contribution in [0.2, 0.25) is 0 Å². The molecule has 1 aromatic rings. The van der Waals surface area contributed by atoms with Crippen LogP contribution in [0.25, 0.3) is 0 Å². The van der Waals surface area contributed by atoms with Crippen LogP contribution in [0.5, 0.6) is 0 Å². The highest BCUT2D eigenvalue weighted by Gasteiger charge is 2.27. The van der Waals surface area contributed by atoms with Crippen molar-refractivity contribution < 1.29 is 0 Å². The molecule has 1 fully saturated rings. The van der Waals surface area contributed by atoms with Crippen LogP contribution < -0.4 is 5.73 Å². The van der Waals surface area contributed by atoms with Gasteiger partial charge in [0.1, 0.15) is 0 Å². The third kappa shape index (κ3) is 2.56. The molecule has 15 heavy (non-hydrogen) atoms. The van der Waals surface area contributed by atoms with Gasteiger partial charge in [0.05, 0.1) is 6.04 Å². The lowest BCUT2D eigenvalue weighted by Crippen LogP contribution is -2.45. The zero-order valence-electron chi connectivity index (χ0n) is 9.27. The average molecular weight is 242 g/mol. The van der Waals surface area contributed by atoms with E-state index in [0.717, 1.165) is 12.3 Å². The number of nitrogens with two attached hydrogens (primary N) is 1. The number of aryl methyl sites for hydroxylation is 1. The normalized spacial score (nSPS) is 25.4. The molecule has 2 atom stereocenters. The van der Waals surface area contributed by atoms with E-state index < -0.39 is 0 Å². The van der Waals surface area contributed by atoms with E-state index in [9.17, 15) is 0 Å². The molecule has 0 spiro atoms. The van der Waals surface area contributed by atoms with E-state index in [1.165, 1.54) is 15.5 Å². The molecule has 1 aromatic heterocycles. The molecule has 0 aromatic carbocycles. The van der Waals surface area contributed by atoms with Crippen LogP contribution in [0.1, 0.15) is 15.8 Å². The number of thiophene rings is 1. The Morgan fingerprint density at radius 2 is 2.33 bits per heavy atom. The van der Waals surface area contributed by atoms with E-state index in [2.05, 4.69) is 31.0 Å². The van der Waals surface area contributed by atoms with Crippen molar-refractivity contribution in [1.29, 1.82) is 0 Å². The van der Waals surface area contributed by atoms with Crippen LogP contribution in [-0.2, 0) is 0 Å². The quantitative estimate of drug-likeness (QED) is 0.861. The summed E-state index contributed by atoms with van der Waals surface area (Å²) in [5.41, 5.74) is 6.33. The van der Waals surface area contributed by atoms with Crippen molar-refractivity contribution in [3.8, 4) is 0 Å². The largest absolute Gasteiger partial charge is 0.322 e. The van der Waals surface area contributed by atoms with E-state index in [4.69, 9.17) is 5.73 Å². The SMILES string of the molecule is Cc1ccc(C(N)C2CSCCN2C)s1. The second-order valence-corrected chi connectivity index (χ2v) is 6.57. The van der Waals surface area contributed by atoms with E-state index in [-0.39, 0.29) is 6.04 Å². The van der Waals surface area contributed by atoms with Crippen molar-refractivity contribution in [3.63, 3.8) is 0 Å². The molecule has 2 nitrogen and oxygen atoms in total. The predicted octanol–water partition coefficient (Wildman–Crippen LogP) is 2.10. The first-order chi connectivity index (χ1) is 7.18. The molecule has 84 valence electrons. The van der Waals surface area contributed by atoms with Gasteiger partial charge in [-0.2, -0.15) is 11.8 Å². The van der Waals surface area contributed by atoms with E-state index in [0.29, 0.717) is 6.04 Å². The molecular formula is C11H18N2S2. The molecule has 0 amide bonds. The molecule has 2 heterocycles. The standard InChI is InChI=1S/C11H18N2S2/c1-8-3-4-10(15-8)11(12)9-7-14-6-5-13(9)2/h3-4,9,11H,5-7,12H2,1-2H3. The third-order valence-corrected chi connectivity index (χ3v) is 5.10. The molecule has 2 rings (SSSR count). The van der Waals surface area contributed by atoms with Gasteiger partial charge in [-0.05, 0) is 26.1 Å². The van der Waals surface area contributed by atoms with E-state index >= 15 is 0 Å². The van der Waals surface area contributed by atoms with Crippen LogP contribution in [-0.4, -0.2) is 36.0 Å². The van der Waals surface area contributed by atoms with Gasteiger partial charge in [-0.1, -0.05) is 0 Å². The summed E-state index contributed by atoms with van der Waals surface area (Å²) in [5, 5.41) is 0. The predicted molar refractivity (Wildman–Crippen MR) is 69.7 cm³/mol. The van der Waals surface area contributed by atoms with Gasteiger partial charge in [0, 0.05) is 33.8 Å². The molecule has 2 unspecified atom stereocenters. The summed E-state index contributed by atoms with van der Waals surface area (Å²) in [5.74, 6) is 2.40. The smallest absolute Gasteiger partial charge is 0.0555 e. The lowest BCUT2D eigenvalue weighted by molar-refractivity contribution is 0.239. The maximum atomic E-state index is 6.33. The summed E-state index contributed by atoms with van der Waals surface area (Å²) in [6.45, 7) is 3.30. The number of likely N-dealkylation sites (N-methyl/N-ethyl adjacent to an activating group) is 1. The highest BCUT2D eigenvalue weighted by Crippen LogP contribution is 2.29. The van der Waals surface area contributed by atoms with Crippen molar-refractivity contribution >= 4 is 23.1 Å². The average Bonchev–Trinajstić information content (AvgIpc) is 2.65. The highest BCUT2D eigenvalue weighted by molar-refractivity contribution is 7.99. The minimum absolute atomic E-state index is 0.182. The molecule has 0 saturated carbocycles. The Morgan fingerprint density at radius 3 is 2.93 bits per heavy atom. The zero-order chi connectivity index (χ0) is 10.8. The maximum absolute atomic E-state index is 6.33. The van der Waals surface area contributed by atoms with E-state index in [1.54, 1.807) is 0 Å². The second kappa shape index (κ2) is 4.87. The first-order valence-electron chi connectivity index (χ1n) is 5.28. The third-order valence-electron chi connectivity index (χ3n) is 2.95. The summed E-state index contributed by atoms with van der Waals surface area (Å²) in [7, 11) is 2.19. The number of nitrogens with zero attached hydrogens (tertiary/aromatic N) is 1. The summed E-state index contributed by atoms with van der Waals surface area (Å²) < 4.78 is 0. The van der Waals surface area contributed by atoms with Crippen LogP contribution in [0.3, 0.4) is 0 Å². The first-order valence-corrected chi connectivity index (χ1v) is 7.25. The van der Waals surface area contributed by atoms with Gasteiger partial charge in [0.2, 0.25) is 0 Å². The summed E-state index contributed by atoms with van der Waals surface area (Å²) >= 11 is 3.85. The number of hydrogen-bond acceptors (Lipinski definition) is 4. The topological polar surface area (TPSA) is 29.3 Å². The van der Waals surface area contributed by atoms with Crippen molar-refractivity contribution in [2.24, 2.45) is 5.73 Å². The Morgan fingerprint density at radius 1 is 1.53 bits per heavy atom. The van der Waals surface area contributed by atoms with Gasteiger partial charge < -0.3 is 5.73 Å². The molecule has 0 bridgehead atoms. The van der Waals surface area contributed by atoms with Gasteiger partial charge in [-0.15, -0.1) is 11.3 Å². The highest BCUT2D eigenvalue weighted by atomic mass is 32.2. The monoisotopic (exact) mass is 242 g/mol. The maximum Gasteiger partial charge on any atom is 0.0555 e. The fourth-order valence-corrected chi connectivity index (χ4v) is 4.13. The van der Waals surface area contributed by atoms with Crippen LogP contribution >= 0.6 is 23.1 Å². The Balaban J connectivity index is 2.09. The van der Waals surface area contributed by atoms with Gasteiger partial charge in [-0.3, -0.25) is 4.90 Å². The molecule has 0 aliphatic carbocycles. The van der Waals surface area contributed by atoms with Gasteiger partial charge >= 0.3 is 0 Å². The summed E-state index contributed by atoms with van der Waals surface area (Å²) in [4.78, 5) is 5.08. The molecule has 2 N–H and O–H groups in total. The van der Waals surface area contributed by atoms with Gasteiger partial charge in [0.25, 0.3) is 0 Å². The lowest BCUT2D eigenvalue weighted by Gasteiger charge is -2.35. The Labute approximate surface area is 99.8 Å². The minimum Gasteiger partial charge on any atom is -0.322 e. The second-order valence-electron chi connectivity index (χ2n) is 4.10. The molecule has 0 radical (unpaired) electrons. The van der Waals surface area contributed by atoms with Crippen molar-refractivity contribution in [3.05, 3.63) is 21.9 Å². The number of thioether (sulfide) groups is 1. The molecule has 1 aliphatic heterocycles. The Bertz CT molecular complexity index is 324. The Kier molecular flexibility index (Phi) is 3.72. The molecule has 1 saturated heterocycles. The van der Waals surface area contributed by atoms with Crippen LogP contribution in [0, 0.1) is 6.92 Å². The van der Waals surface area contributed by atoms with Gasteiger partial charge in [0.15, 0.2) is 0 Å². The Hall–Kier alpha value is -0.0300. The van der Waals surface area contributed by atoms with Crippen molar-refractivity contribution in [2.45, 2.75) is 19.0 Å². The lowest BCUT2D eigenvalue weighted by atomic mass is 10.1. The van der Waals surface area contributed by atoms with Crippen molar-refractivity contribution in [1.82, 2.24) is 4.90 Å². The first kappa shape index (κ1) is 11.5. The zero-order valence-corrected chi connectivity index (χ0v) is 10.9. The van der Waals surface area contributed by atoms with Gasteiger partial charge in [-0.25, -0.2) is 0 Å². The van der Waals surface area contributed by atoms with E-state index in [1.807, 2.05) is 23.1 Å².